The van der Waals surface area contributed by atoms with E-state index in [1.54, 1.807) is 12.1 Å². The number of carbonyl (C=O) groups is 2. The van der Waals surface area contributed by atoms with Crippen LogP contribution in [0.1, 0.15) is 22.5 Å². The third kappa shape index (κ3) is 4.65. The van der Waals surface area contributed by atoms with Gasteiger partial charge in [-0.05, 0) is 45.0 Å². The Kier molecular flexibility index (Phi) is 5.89. The molecule has 1 aromatic heterocycles. The number of aromatic nitrogens is 2. The van der Waals surface area contributed by atoms with Gasteiger partial charge in [0.25, 0.3) is 5.91 Å². The number of hydrogen-bond donors (Lipinski definition) is 1. The summed E-state index contributed by atoms with van der Waals surface area (Å²) in [6.07, 6.45) is 0.0717. The van der Waals surface area contributed by atoms with E-state index < -0.39 is 5.97 Å². The molecule has 0 saturated heterocycles. The van der Waals surface area contributed by atoms with E-state index in [9.17, 15) is 9.59 Å². The largest absolute Gasteiger partial charge is 0.455 e. The summed E-state index contributed by atoms with van der Waals surface area (Å²) in [5, 5.41) is 7.23. The van der Waals surface area contributed by atoms with Gasteiger partial charge in [-0.3, -0.25) is 9.59 Å². The lowest BCUT2D eigenvalue weighted by Crippen LogP contribution is -2.21. The van der Waals surface area contributed by atoms with E-state index in [2.05, 4.69) is 10.4 Å². The highest BCUT2D eigenvalue weighted by molar-refractivity contribution is 5.92. The molecule has 0 bridgehead atoms. The van der Waals surface area contributed by atoms with Crippen LogP contribution in [0.3, 0.4) is 0 Å². The summed E-state index contributed by atoms with van der Waals surface area (Å²) in [4.78, 5) is 24.2. The van der Waals surface area contributed by atoms with Crippen molar-refractivity contribution in [1.82, 2.24) is 9.78 Å². The summed E-state index contributed by atoms with van der Waals surface area (Å²) >= 11 is 0. The molecule has 0 radical (unpaired) electrons. The highest BCUT2D eigenvalue weighted by atomic mass is 16.5. The molecular weight excluding hydrogens is 354 g/mol. The summed E-state index contributed by atoms with van der Waals surface area (Å²) < 4.78 is 6.95. The SMILES string of the molecule is Cc1ccc(NC(=O)COC(=O)Cc2c(C)nn(-c3ccccc3)c2C)cc1. The number of carbonyl (C=O) groups excluding carboxylic acids is 2. The fraction of sp³-hybridized carbons (Fsp3) is 0.227. The fourth-order valence-electron chi connectivity index (χ4n) is 2.93. The summed E-state index contributed by atoms with van der Waals surface area (Å²) in [5.74, 6) is -0.830. The molecule has 0 aliphatic heterocycles. The number of ether oxygens (including phenoxy) is 1. The molecule has 1 N–H and O–H groups in total. The molecule has 1 amide bonds. The third-order valence-corrected chi connectivity index (χ3v) is 4.46. The van der Waals surface area contributed by atoms with Gasteiger partial charge in [0.15, 0.2) is 6.61 Å². The molecule has 6 heteroatoms. The van der Waals surface area contributed by atoms with Crippen LogP contribution in [0.4, 0.5) is 5.69 Å². The standard InChI is InChI=1S/C22H23N3O3/c1-15-9-11-18(12-10-15)23-21(26)14-28-22(27)13-20-16(2)24-25(17(20)3)19-7-5-4-6-8-19/h4-12H,13-14H2,1-3H3,(H,23,26). The Morgan fingerprint density at radius 2 is 1.68 bits per heavy atom. The predicted molar refractivity (Wildman–Crippen MR) is 108 cm³/mol. The van der Waals surface area contributed by atoms with Crippen molar-refractivity contribution in [1.29, 1.82) is 0 Å². The van der Waals surface area contributed by atoms with Crippen LogP contribution >= 0.6 is 0 Å². The minimum absolute atomic E-state index is 0.0717. The van der Waals surface area contributed by atoms with Gasteiger partial charge in [0, 0.05) is 16.9 Å². The lowest BCUT2D eigenvalue weighted by atomic mass is 10.1. The van der Waals surface area contributed by atoms with E-state index in [0.29, 0.717) is 5.69 Å². The Bertz CT molecular complexity index is 976. The van der Waals surface area contributed by atoms with Gasteiger partial charge in [0.1, 0.15) is 0 Å². The number of benzene rings is 2. The first-order valence-corrected chi connectivity index (χ1v) is 9.06. The maximum atomic E-state index is 12.2. The third-order valence-electron chi connectivity index (χ3n) is 4.46. The van der Waals surface area contributed by atoms with Crippen LogP contribution in [0.15, 0.2) is 54.6 Å². The normalized spacial score (nSPS) is 10.5. The first-order valence-electron chi connectivity index (χ1n) is 9.06. The van der Waals surface area contributed by atoms with Crippen LogP contribution in [0.2, 0.25) is 0 Å². The smallest absolute Gasteiger partial charge is 0.310 e. The number of hydrogen-bond acceptors (Lipinski definition) is 4. The van der Waals surface area contributed by atoms with Crippen molar-refractivity contribution in [2.75, 3.05) is 11.9 Å². The summed E-state index contributed by atoms with van der Waals surface area (Å²) in [6.45, 7) is 5.42. The van der Waals surface area contributed by atoms with Gasteiger partial charge in [-0.15, -0.1) is 0 Å². The van der Waals surface area contributed by atoms with Gasteiger partial charge in [-0.1, -0.05) is 35.9 Å². The molecule has 28 heavy (non-hydrogen) atoms. The van der Waals surface area contributed by atoms with Crippen molar-refractivity contribution in [3.05, 3.63) is 77.1 Å². The molecule has 144 valence electrons. The Morgan fingerprint density at radius 3 is 2.36 bits per heavy atom. The Hall–Kier alpha value is -3.41. The van der Waals surface area contributed by atoms with Gasteiger partial charge in [0.2, 0.25) is 0 Å². The number of anilines is 1. The van der Waals surface area contributed by atoms with Gasteiger partial charge >= 0.3 is 5.97 Å². The number of para-hydroxylation sites is 1. The van der Waals surface area contributed by atoms with Crippen LogP contribution in [0, 0.1) is 20.8 Å². The molecule has 0 saturated carbocycles. The molecule has 0 atom stereocenters. The molecule has 0 spiro atoms. The van der Waals surface area contributed by atoms with Crippen LogP contribution in [-0.2, 0) is 20.7 Å². The Labute approximate surface area is 164 Å². The zero-order valence-electron chi connectivity index (χ0n) is 16.2. The van der Waals surface area contributed by atoms with E-state index >= 15 is 0 Å². The number of nitrogens with zero attached hydrogens (tertiary/aromatic N) is 2. The van der Waals surface area contributed by atoms with Crippen molar-refractivity contribution in [2.24, 2.45) is 0 Å². The summed E-state index contributed by atoms with van der Waals surface area (Å²) in [6, 6.07) is 17.1. The lowest BCUT2D eigenvalue weighted by Gasteiger charge is -2.08. The second-order valence-corrected chi connectivity index (χ2v) is 6.65. The molecule has 1 heterocycles. The molecule has 0 fully saturated rings. The van der Waals surface area contributed by atoms with Gasteiger partial charge in [-0.25, -0.2) is 4.68 Å². The molecule has 3 aromatic rings. The molecule has 6 nitrogen and oxygen atoms in total. The average Bonchev–Trinajstić information content (AvgIpc) is 2.97. The van der Waals surface area contributed by atoms with Crippen molar-refractivity contribution >= 4 is 17.6 Å². The van der Waals surface area contributed by atoms with E-state index in [4.69, 9.17) is 4.74 Å². The maximum Gasteiger partial charge on any atom is 0.310 e. The number of nitrogens with one attached hydrogen (secondary N) is 1. The van der Waals surface area contributed by atoms with E-state index in [1.807, 2.05) is 67.9 Å². The van der Waals surface area contributed by atoms with Crippen molar-refractivity contribution in [3.8, 4) is 5.69 Å². The molecule has 3 rings (SSSR count). The van der Waals surface area contributed by atoms with Gasteiger partial charge in [0.05, 0.1) is 17.8 Å². The van der Waals surface area contributed by atoms with Crippen LogP contribution in [-0.4, -0.2) is 28.3 Å². The highest BCUT2D eigenvalue weighted by Gasteiger charge is 2.17. The number of aryl methyl sites for hydroxylation is 2. The maximum absolute atomic E-state index is 12.2. The van der Waals surface area contributed by atoms with E-state index in [0.717, 1.165) is 28.2 Å². The number of esters is 1. The molecular formula is C22H23N3O3. The topological polar surface area (TPSA) is 73.2 Å². The zero-order chi connectivity index (χ0) is 20.1. The Balaban J connectivity index is 1.58. The predicted octanol–water partition coefficient (Wildman–Crippen LogP) is 3.52. The monoisotopic (exact) mass is 377 g/mol. The minimum Gasteiger partial charge on any atom is -0.455 e. The average molecular weight is 377 g/mol. The van der Waals surface area contributed by atoms with E-state index in [1.165, 1.54) is 0 Å². The quantitative estimate of drug-likeness (QED) is 0.667. The second-order valence-electron chi connectivity index (χ2n) is 6.65. The van der Waals surface area contributed by atoms with Crippen molar-refractivity contribution in [2.45, 2.75) is 27.2 Å². The van der Waals surface area contributed by atoms with Gasteiger partial charge in [-0.2, -0.15) is 5.10 Å². The lowest BCUT2D eigenvalue weighted by molar-refractivity contribution is -0.146. The minimum atomic E-state index is -0.460. The first-order chi connectivity index (χ1) is 13.4. The fourth-order valence-corrected chi connectivity index (χ4v) is 2.93. The molecule has 2 aromatic carbocycles. The second kappa shape index (κ2) is 8.52. The summed E-state index contributed by atoms with van der Waals surface area (Å²) in [5.41, 5.74) is 5.16. The summed E-state index contributed by atoms with van der Waals surface area (Å²) in [7, 11) is 0. The van der Waals surface area contributed by atoms with Crippen molar-refractivity contribution < 1.29 is 14.3 Å². The Morgan fingerprint density at radius 1 is 1.00 bits per heavy atom. The molecule has 0 unspecified atom stereocenters. The van der Waals surface area contributed by atoms with Crippen LogP contribution in [0.5, 0.6) is 0 Å². The molecule has 0 aliphatic carbocycles. The molecule has 0 aliphatic rings. The highest BCUT2D eigenvalue weighted by Crippen LogP contribution is 2.18. The number of amides is 1. The first kappa shape index (κ1) is 19.4. The van der Waals surface area contributed by atoms with Gasteiger partial charge < -0.3 is 10.1 Å². The zero-order valence-corrected chi connectivity index (χ0v) is 16.2. The number of rotatable bonds is 6. The van der Waals surface area contributed by atoms with E-state index in [-0.39, 0.29) is 18.9 Å². The van der Waals surface area contributed by atoms with Crippen LogP contribution in [0.25, 0.3) is 5.69 Å². The van der Waals surface area contributed by atoms with Crippen LogP contribution < -0.4 is 5.32 Å². The van der Waals surface area contributed by atoms with Crippen molar-refractivity contribution in [3.63, 3.8) is 0 Å².